The molecule has 1 radical (unpaired) electrons. The zero-order valence-corrected chi connectivity index (χ0v) is 6.23. The van der Waals surface area contributed by atoms with Crippen LogP contribution in [0.5, 0.6) is 0 Å². The van der Waals surface area contributed by atoms with E-state index in [1.807, 2.05) is 0 Å². The predicted octanol–water partition coefficient (Wildman–Crippen LogP) is 1.01. The van der Waals surface area contributed by atoms with Gasteiger partial charge in [0, 0.05) is 12.0 Å². The second-order valence-corrected chi connectivity index (χ2v) is 3.15. The Kier molecular flexibility index (Phi) is 2.44. The van der Waals surface area contributed by atoms with Gasteiger partial charge in [-0.2, -0.15) is 0 Å². The smallest absolute Gasteiger partial charge is 0.206 e. The molecular weight excluding hydrogens is 126 g/mol. The van der Waals surface area contributed by atoms with Gasteiger partial charge in [-0.1, -0.05) is 19.3 Å². The molecule has 0 unspecified atom stereocenters. The largest absolute Gasteiger partial charge is 0.329 e. The number of hydrogen-bond donors (Lipinski definition) is 1. The quantitative estimate of drug-likeness (QED) is 0.622. The van der Waals surface area contributed by atoms with Crippen molar-refractivity contribution in [3.8, 4) is 0 Å². The van der Waals surface area contributed by atoms with Crippen LogP contribution < -0.4 is 5.73 Å². The highest BCUT2D eigenvalue weighted by Crippen LogP contribution is 2.32. The number of rotatable bonds is 2. The molecular formula is C8H14NO. The third kappa shape index (κ3) is 1.37. The number of nitrogens with two attached hydrogens (primary N) is 1. The van der Waals surface area contributed by atoms with Gasteiger partial charge in [-0.05, 0) is 12.8 Å². The maximum atomic E-state index is 10.5. The Labute approximate surface area is 61.8 Å². The summed E-state index contributed by atoms with van der Waals surface area (Å²) in [5, 5.41) is 0. The number of hydrogen-bond acceptors (Lipinski definition) is 2. The average molecular weight is 140 g/mol. The SMILES string of the molecule is NCC1([C]=O)CCCCC1. The van der Waals surface area contributed by atoms with Crippen molar-refractivity contribution in [2.45, 2.75) is 32.1 Å². The van der Waals surface area contributed by atoms with Gasteiger partial charge in [-0.25, -0.2) is 0 Å². The van der Waals surface area contributed by atoms with E-state index in [1.165, 1.54) is 6.42 Å². The van der Waals surface area contributed by atoms with Crippen molar-refractivity contribution < 1.29 is 4.79 Å². The van der Waals surface area contributed by atoms with Crippen molar-refractivity contribution in [2.75, 3.05) is 6.54 Å². The van der Waals surface area contributed by atoms with Crippen LogP contribution in [0.25, 0.3) is 0 Å². The van der Waals surface area contributed by atoms with Crippen LogP contribution in [0.15, 0.2) is 0 Å². The van der Waals surface area contributed by atoms with Gasteiger partial charge in [0.05, 0.1) is 0 Å². The van der Waals surface area contributed by atoms with E-state index < -0.39 is 0 Å². The van der Waals surface area contributed by atoms with E-state index in [0.717, 1.165) is 25.7 Å². The summed E-state index contributed by atoms with van der Waals surface area (Å²) in [4.78, 5) is 10.5. The van der Waals surface area contributed by atoms with Crippen molar-refractivity contribution in [1.29, 1.82) is 0 Å². The predicted molar refractivity (Wildman–Crippen MR) is 40.3 cm³/mol. The Bertz CT molecular complexity index is 116. The Balaban J connectivity index is 2.52. The van der Waals surface area contributed by atoms with Crippen LogP contribution in [0, 0.1) is 5.41 Å². The second kappa shape index (κ2) is 3.15. The fourth-order valence-corrected chi connectivity index (χ4v) is 1.58. The molecule has 0 aromatic carbocycles. The molecule has 2 heteroatoms. The molecule has 0 aromatic rings. The summed E-state index contributed by atoms with van der Waals surface area (Å²) in [7, 11) is 0. The molecule has 0 amide bonds. The molecule has 0 heterocycles. The van der Waals surface area contributed by atoms with Gasteiger partial charge in [-0.3, -0.25) is 4.79 Å². The molecule has 1 aliphatic carbocycles. The lowest BCUT2D eigenvalue weighted by Crippen LogP contribution is -2.33. The normalized spacial score (nSPS) is 24.1. The summed E-state index contributed by atoms with van der Waals surface area (Å²) in [6.07, 6.45) is 7.54. The number of carbonyl (C=O) groups excluding carboxylic acids is 1. The first-order valence-electron chi connectivity index (χ1n) is 3.92. The van der Waals surface area contributed by atoms with Crippen molar-refractivity contribution in [2.24, 2.45) is 11.1 Å². The highest BCUT2D eigenvalue weighted by molar-refractivity contribution is 5.60. The molecule has 0 atom stereocenters. The Hall–Kier alpha value is -0.370. The van der Waals surface area contributed by atoms with E-state index >= 15 is 0 Å². The summed E-state index contributed by atoms with van der Waals surface area (Å²) in [5.41, 5.74) is 5.22. The van der Waals surface area contributed by atoms with E-state index in [4.69, 9.17) is 5.73 Å². The van der Waals surface area contributed by atoms with Gasteiger partial charge >= 0.3 is 0 Å². The molecule has 0 spiro atoms. The van der Waals surface area contributed by atoms with E-state index in [0.29, 0.717) is 6.54 Å². The third-order valence-electron chi connectivity index (χ3n) is 2.42. The Morgan fingerprint density at radius 2 is 1.90 bits per heavy atom. The molecule has 0 bridgehead atoms. The molecule has 1 fully saturated rings. The molecule has 0 aromatic heterocycles. The van der Waals surface area contributed by atoms with Gasteiger partial charge in [0.25, 0.3) is 0 Å². The monoisotopic (exact) mass is 140 g/mol. The third-order valence-corrected chi connectivity index (χ3v) is 2.42. The Morgan fingerprint density at radius 3 is 2.20 bits per heavy atom. The maximum absolute atomic E-state index is 10.5. The molecule has 2 N–H and O–H groups in total. The van der Waals surface area contributed by atoms with Gasteiger partial charge in [0.15, 0.2) is 0 Å². The summed E-state index contributed by atoms with van der Waals surface area (Å²) >= 11 is 0. The lowest BCUT2D eigenvalue weighted by molar-refractivity contribution is 0.280. The van der Waals surface area contributed by atoms with Crippen molar-refractivity contribution in [1.82, 2.24) is 0 Å². The fraction of sp³-hybridized carbons (Fsp3) is 0.875. The minimum atomic E-state index is -0.266. The first kappa shape index (κ1) is 7.73. The zero-order valence-electron chi connectivity index (χ0n) is 6.23. The molecule has 2 nitrogen and oxygen atoms in total. The molecule has 0 saturated heterocycles. The van der Waals surface area contributed by atoms with Crippen LogP contribution in [0.4, 0.5) is 0 Å². The standard InChI is InChI=1S/C8H14NO/c9-6-8(7-10)4-2-1-3-5-8/h1-6,9H2. The minimum Gasteiger partial charge on any atom is -0.329 e. The average Bonchev–Trinajstić information content (AvgIpc) is 2.06. The molecule has 57 valence electrons. The van der Waals surface area contributed by atoms with Gasteiger partial charge in [-0.15, -0.1) is 0 Å². The van der Waals surface area contributed by atoms with Gasteiger partial charge in [0.2, 0.25) is 6.29 Å². The van der Waals surface area contributed by atoms with E-state index in [-0.39, 0.29) is 5.41 Å². The van der Waals surface area contributed by atoms with E-state index in [1.54, 1.807) is 0 Å². The maximum Gasteiger partial charge on any atom is 0.206 e. The second-order valence-electron chi connectivity index (χ2n) is 3.15. The van der Waals surface area contributed by atoms with E-state index in [2.05, 4.69) is 6.29 Å². The molecule has 1 saturated carbocycles. The van der Waals surface area contributed by atoms with E-state index in [9.17, 15) is 4.79 Å². The molecule has 10 heavy (non-hydrogen) atoms. The van der Waals surface area contributed by atoms with Crippen LogP contribution in [0.3, 0.4) is 0 Å². The summed E-state index contributed by atoms with van der Waals surface area (Å²) in [5.74, 6) is 0. The molecule has 0 aliphatic heterocycles. The highest BCUT2D eigenvalue weighted by Gasteiger charge is 2.30. The first-order chi connectivity index (χ1) is 4.83. The Morgan fingerprint density at radius 1 is 1.30 bits per heavy atom. The zero-order chi connectivity index (χ0) is 7.45. The van der Waals surface area contributed by atoms with Crippen molar-refractivity contribution in [3.05, 3.63) is 0 Å². The summed E-state index contributed by atoms with van der Waals surface area (Å²) in [6.45, 7) is 0.483. The highest BCUT2D eigenvalue weighted by atomic mass is 16.1. The summed E-state index contributed by atoms with van der Waals surface area (Å²) < 4.78 is 0. The van der Waals surface area contributed by atoms with Crippen LogP contribution in [0.2, 0.25) is 0 Å². The van der Waals surface area contributed by atoms with Crippen LogP contribution >= 0.6 is 0 Å². The van der Waals surface area contributed by atoms with Gasteiger partial charge < -0.3 is 5.73 Å². The van der Waals surface area contributed by atoms with Gasteiger partial charge in [0.1, 0.15) is 0 Å². The lowest BCUT2D eigenvalue weighted by atomic mass is 9.75. The topological polar surface area (TPSA) is 43.1 Å². The molecule has 1 aliphatic rings. The lowest BCUT2D eigenvalue weighted by Gasteiger charge is -2.29. The van der Waals surface area contributed by atoms with Crippen LogP contribution in [-0.4, -0.2) is 12.8 Å². The van der Waals surface area contributed by atoms with Crippen LogP contribution in [-0.2, 0) is 4.79 Å². The fourth-order valence-electron chi connectivity index (χ4n) is 1.58. The molecule has 1 rings (SSSR count). The summed E-state index contributed by atoms with van der Waals surface area (Å²) in [6, 6.07) is 0. The van der Waals surface area contributed by atoms with Crippen molar-refractivity contribution in [3.63, 3.8) is 0 Å². The minimum absolute atomic E-state index is 0.266. The van der Waals surface area contributed by atoms with Crippen LogP contribution in [0.1, 0.15) is 32.1 Å². The van der Waals surface area contributed by atoms with Crippen molar-refractivity contribution >= 4 is 6.29 Å². The first-order valence-corrected chi connectivity index (χ1v) is 3.92.